The van der Waals surface area contributed by atoms with Gasteiger partial charge in [-0.1, -0.05) is 6.07 Å². The lowest BCUT2D eigenvalue weighted by Crippen LogP contribution is -2.47. The van der Waals surface area contributed by atoms with Crippen LogP contribution in [0.2, 0.25) is 0 Å². The maximum Gasteiger partial charge on any atom is 0.319 e. The fourth-order valence-corrected chi connectivity index (χ4v) is 2.89. The predicted octanol–water partition coefficient (Wildman–Crippen LogP) is 1.20. The lowest BCUT2D eigenvalue weighted by atomic mass is 9.95. The lowest BCUT2D eigenvalue weighted by molar-refractivity contribution is -0.126. The summed E-state index contributed by atoms with van der Waals surface area (Å²) >= 11 is 0. The van der Waals surface area contributed by atoms with Crippen molar-refractivity contribution in [3.05, 3.63) is 59.3 Å². The number of pyridine rings is 1. The second-order valence-electron chi connectivity index (χ2n) is 6.18. The molecule has 27 heavy (non-hydrogen) atoms. The minimum Gasteiger partial charge on any atom is -0.357 e. The van der Waals surface area contributed by atoms with Crippen molar-refractivity contribution in [2.45, 2.75) is 19.5 Å². The maximum atomic E-state index is 13.1. The second kappa shape index (κ2) is 7.81. The number of nitrogens with one attached hydrogen (secondary N) is 3. The van der Waals surface area contributed by atoms with Crippen LogP contribution in [-0.2, 0) is 11.3 Å². The lowest BCUT2D eigenvalue weighted by Gasteiger charge is -2.30. The van der Waals surface area contributed by atoms with Crippen molar-refractivity contribution in [2.75, 3.05) is 19.4 Å². The Kier molecular flexibility index (Phi) is 5.30. The molecule has 1 atom stereocenters. The Morgan fingerprint density at radius 3 is 2.67 bits per heavy atom. The van der Waals surface area contributed by atoms with Crippen molar-refractivity contribution in [1.82, 2.24) is 30.5 Å². The molecule has 0 aliphatic carbocycles. The van der Waals surface area contributed by atoms with Gasteiger partial charge in [0.05, 0.1) is 11.6 Å². The summed E-state index contributed by atoms with van der Waals surface area (Å²) in [4.78, 5) is 39.0. The first-order valence-corrected chi connectivity index (χ1v) is 8.42. The zero-order valence-corrected chi connectivity index (χ0v) is 15.4. The Hall–Kier alpha value is -3.49. The Balaban J connectivity index is 1.85. The smallest absolute Gasteiger partial charge is 0.319 e. The van der Waals surface area contributed by atoms with Gasteiger partial charge in [0, 0.05) is 56.7 Å². The first-order chi connectivity index (χ1) is 13.0. The van der Waals surface area contributed by atoms with Gasteiger partial charge < -0.3 is 20.9 Å². The molecule has 0 fully saturated rings. The summed E-state index contributed by atoms with van der Waals surface area (Å²) in [6, 6.07) is 2.68. The number of hydrogen-bond acceptors (Lipinski definition) is 6. The molecule has 1 aliphatic heterocycles. The summed E-state index contributed by atoms with van der Waals surface area (Å²) in [7, 11) is 3.44. The van der Waals surface area contributed by atoms with Gasteiger partial charge in [-0.2, -0.15) is 0 Å². The predicted molar refractivity (Wildman–Crippen MR) is 99.4 cm³/mol. The van der Waals surface area contributed by atoms with Gasteiger partial charge in [0.15, 0.2) is 0 Å². The Bertz CT molecular complexity index is 865. The highest BCUT2D eigenvalue weighted by Gasteiger charge is 2.32. The monoisotopic (exact) mass is 367 g/mol. The van der Waals surface area contributed by atoms with E-state index in [-0.39, 0.29) is 11.9 Å². The molecular formula is C18H21N7O2. The van der Waals surface area contributed by atoms with Crippen LogP contribution in [0.15, 0.2) is 48.2 Å². The SMILES string of the molecule is CNc1ncc(CN(C)C(=O)C2=C(C)NC(=O)N[C@@H]2c2cccnc2)cn1. The summed E-state index contributed by atoms with van der Waals surface area (Å²) < 4.78 is 0. The van der Waals surface area contributed by atoms with Gasteiger partial charge in [-0.05, 0) is 18.6 Å². The standard InChI is InChI=1S/C18H21N7O2/c1-11-14(15(24-18(27)23-11)13-5-4-6-20-9-13)16(26)25(3)10-12-7-21-17(19-2)22-8-12/h4-9,15H,10H2,1-3H3,(H,19,21,22)(H2,23,24,27)/t15-/m1/s1. The minimum absolute atomic E-state index is 0.202. The van der Waals surface area contributed by atoms with E-state index < -0.39 is 6.04 Å². The molecule has 0 aromatic carbocycles. The Labute approximate surface area is 156 Å². The first-order valence-electron chi connectivity index (χ1n) is 8.42. The number of urea groups is 1. The van der Waals surface area contributed by atoms with Crippen LogP contribution >= 0.6 is 0 Å². The molecular weight excluding hydrogens is 346 g/mol. The number of allylic oxidation sites excluding steroid dienone is 1. The molecule has 1 aliphatic rings. The van der Waals surface area contributed by atoms with Crippen LogP contribution in [-0.4, -0.2) is 45.9 Å². The average Bonchev–Trinajstić information content (AvgIpc) is 2.68. The third kappa shape index (κ3) is 4.02. The fraction of sp³-hybridized carbons (Fsp3) is 0.278. The van der Waals surface area contributed by atoms with E-state index >= 15 is 0 Å². The van der Waals surface area contributed by atoms with Gasteiger partial charge >= 0.3 is 6.03 Å². The Morgan fingerprint density at radius 1 is 1.30 bits per heavy atom. The van der Waals surface area contributed by atoms with Crippen molar-refractivity contribution >= 4 is 17.9 Å². The van der Waals surface area contributed by atoms with E-state index in [9.17, 15) is 9.59 Å². The molecule has 140 valence electrons. The minimum atomic E-state index is -0.565. The molecule has 3 amide bonds. The summed E-state index contributed by atoms with van der Waals surface area (Å²) in [6.07, 6.45) is 6.62. The molecule has 3 heterocycles. The summed E-state index contributed by atoms with van der Waals surface area (Å²) in [5, 5.41) is 8.32. The average molecular weight is 367 g/mol. The van der Waals surface area contributed by atoms with E-state index in [0.29, 0.717) is 23.8 Å². The van der Waals surface area contributed by atoms with Crippen LogP contribution < -0.4 is 16.0 Å². The van der Waals surface area contributed by atoms with Gasteiger partial charge in [0.25, 0.3) is 5.91 Å². The molecule has 2 aromatic heterocycles. The summed E-state index contributed by atoms with van der Waals surface area (Å²) in [5.74, 6) is 0.314. The van der Waals surface area contributed by atoms with Gasteiger partial charge in [-0.25, -0.2) is 14.8 Å². The van der Waals surface area contributed by atoms with Gasteiger partial charge in [0.2, 0.25) is 5.95 Å². The quantitative estimate of drug-likeness (QED) is 0.732. The van der Waals surface area contributed by atoms with Gasteiger partial charge in [0.1, 0.15) is 0 Å². The molecule has 9 nitrogen and oxygen atoms in total. The zero-order chi connectivity index (χ0) is 19.4. The number of amides is 3. The van der Waals surface area contributed by atoms with Gasteiger partial charge in [-0.15, -0.1) is 0 Å². The van der Waals surface area contributed by atoms with Crippen LogP contribution in [0.1, 0.15) is 24.1 Å². The maximum absolute atomic E-state index is 13.1. The van der Waals surface area contributed by atoms with Crippen LogP contribution in [0.25, 0.3) is 0 Å². The highest BCUT2D eigenvalue weighted by atomic mass is 16.2. The third-order valence-electron chi connectivity index (χ3n) is 4.21. The first kappa shape index (κ1) is 18.3. The second-order valence-corrected chi connectivity index (χ2v) is 6.18. The van der Waals surface area contributed by atoms with Gasteiger partial charge in [-0.3, -0.25) is 9.78 Å². The van der Waals surface area contributed by atoms with Crippen LogP contribution in [0.5, 0.6) is 0 Å². The van der Waals surface area contributed by atoms with E-state index in [1.807, 2.05) is 6.07 Å². The number of hydrogen-bond donors (Lipinski definition) is 3. The molecule has 0 saturated carbocycles. The number of carbonyl (C=O) groups excluding carboxylic acids is 2. The number of anilines is 1. The summed E-state index contributed by atoms with van der Waals surface area (Å²) in [5.41, 5.74) is 2.53. The van der Waals surface area contributed by atoms with E-state index in [4.69, 9.17) is 0 Å². The highest BCUT2D eigenvalue weighted by molar-refractivity contribution is 5.98. The molecule has 9 heteroatoms. The number of nitrogens with zero attached hydrogens (tertiary/aromatic N) is 4. The third-order valence-corrected chi connectivity index (χ3v) is 4.21. The molecule has 0 spiro atoms. The fourth-order valence-electron chi connectivity index (χ4n) is 2.89. The van der Waals surface area contributed by atoms with Crippen molar-refractivity contribution in [3.63, 3.8) is 0 Å². The molecule has 0 radical (unpaired) electrons. The van der Waals surface area contributed by atoms with E-state index in [1.165, 1.54) is 0 Å². The van der Waals surface area contributed by atoms with Crippen molar-refractivity contribution < 1.29 is 9.59 Å². The molecule has 0 unspecified atom stereocenters. The number of carbonyl (C=O) groups is 2. The molecule has 0 bridgehead atoms. The van der Waals surface area contributed by atoms with Crippen LogP contribution in [0.4, 0.5) is 10.7 Å². The molecule has 0 saturated heterocycles. The number of aromatic nitrogens is 3. The van der Waals surface area contributed by atoms with E-state index in [0.717, 1.165) is 11.1 Å². The normalized spacial score (nSPS) is 16.4. The van der Waals surface area contributed by atoms with Crippen molar-refractivity contribution in [2.24, 2.45) is 0 Å². The van der Waals surface area contributed by atoms with E-state index in [2.05, 4.69) is 30.9 Å². The van der Waals surface area contributed by atoms with Crippen LogP contribution in [0.3, 0.4) is 0 Å². The van der Waals surface area contributed by atoms with E-state index in [1.54, 1.807) is 56.8 Å². The topological polar surface area (TPSA) is 112 Å². The molecule has 3 rings (SSSR count). The Morgan fingerprint density at radius 2 is 2.04 bits per heavy atom. The summed E-state index contributed by atoms with van der Waals surface area (Å²) in [6.45, 7) is 2.06. The van der Waals surface area contributed by atoms with Crippen molar-refractivity contribution in [1.29, 1.82) is 0 Å². The molecule has 3 N–H and O–H groups in total. The largest absolute Gasteiger partial charge is 0.357 e. The molecule has 2 aromatic rings. The number of rotatable bonds is 5. The van der Waals surface area contributed by atoms with Crippen LogP contribution in [0, 0.1) is 0 Å². The number of likely N-dealkylation sites (N-methyl/N-ethyl adjacent to an activating group) is 1. The highest BCUT2D eigenvalue weighted by Crippen LogP contribution is 2.27. The zero-order valence-electron chi connectivity index (χ0n) is 15.4. The van der Waals surface area contributed by atoms with Crippen molar-refractivity contribution in [3.8, 4) is 0 Å².